The molecule has 0 spiro atoms. The SMILES string of the molecule is COC(=O)CCSc1cc(Cl)c2cnn(-c3nnc(C(F)F)s3)c2c1. The van der Waals surface area contributed by atoms with E-state index < -0.39 is 6.43 Å². The molecule has 2 heterocycles. The van der Waals surface area contributed by atoms with Crippen LogP contribution >= 0.6 is 34.7 Å². The number of benzene rings is 1. The molecule has 0 aliphatic carbocycles. The lowest BCUT2D eigenvalue weighted by Gasteiger charge is -2.04. The van der Waals surface area contributed by atoms with E-state index in [9.17, 15) is 13.6 Å². The van der Waals surface area contributed by atoms with Crippen molar-refractivity contribution in [1.29, 1.82) is 0 Å². The number of halogens is 3. The number of esters is 1. The second-order valence-electron chi connectivity index (χ2n) is 4.79. The lowest BCUT2D eigenvalue weighted by atomic mass is 10.2. The fourth-order valence-corrected chi connectivity index (χ4v) is 3.95. The van der Waals surface area contributed by atoms with Gasteiger partial charge in [0.15, 0.2) is 5.01 Å². The number of hydrogen-bond donors (Lipinski definition) is 0. The van der Waals surface area contributed by atoms with Gasteiger partial charge in [-0.2, -0.15) is 5.10 Å². The molecule has 6 nitrogen and oxygen atoms in total. The van der Waals surface area contributed by atoms with E-state index in [1.165, 1.54) is 23.6 Å². The number of aromatic nitrogens is 4. The first-order valence-electron chi connectivity index (χ1n) is 6.98. The van der Waals surface area contributed by atoms with Crippen LogP contribution in [0.25, 0.3) is 16.0 Å². The van der Waals surface area contributed by atoms with Crippen molar-refractivity contribution in [3.8, 4) is 5.13 Å². The molecule has 3 aromatic rings. The molecule has 0 aliphatic rings. The summed E-state index contributed by atoms with van der Waals surface area (Å²) >= 11 is 8.48. The third kappa shape index (κ3) is 3.91. The normalized spacial score (nSPS) is 11.4. The fourth-order valence-electron chi connectivity index (χ4n) is 2.05. The van der Waals surface area contributed by atoms with Crippen molar-refractivity contribution in [2.24, 2.45) is 0 Å². The van der Waals surface area contributed by atoms with Crippen molar-refractivity contribution < 1.29 is 18.3 Å². The van der Waals surface area contributed by atoms with Crippen molar-refractivity contribution in [2.75, 3.05) is 12.9 Å². The molecule has 1 aromatic carbocycles. The first kappa shape index (κ1) is 18.0. The van der Waals surface area contributed by atoms with E-state index in [1.54, 1.807) is 12.3 Å². The number of rotatable bonds is 6. The summed E-state index contributed by atoms with van der Waals surface area (Å²) in [5.41, 5.74) is 0.630. The summed E-state index contributed by atoms with van der Waals surface area (Å²) in [5.74, 6) is 0.231. The Kier molecular flexibility index (Phi) is 5.50. The lowest BCUT2D eigenvalue weighted by Crippen LogP contribution is -2.01. The summed E-state index contributed by atoms with van der Waals surface area (Å²) in [6, 6.07) is 3.59. The standard InChI is InChI=1S/C14H11ClF2N4O2S2/c1-23-11(22)2-3-24-7-4-9(15)8-6-18-21(10(8)5-7)14-20-19-13(25-14)12(16)17/h4-6,12H,2-3H2,1H3. The molecule has 0 aliphatic heterocycles. The molecule has 132 valence electrons. The number of carbonyl (C=O) groups is 1. The Hall–Kier alpha value is -1.78. The van der Waals surface area contributed by atoms with Crippen molar-refractivity contribution >= 4 is 51.6 Å². The molecule has 3 rings (SSSR count). The monoisotopic (exact) mass is 404 g/mol. The Labute approximate surface area is 154 Å². The molecule has 0 N–H and O–H groups in total. The number of carbonyl (C=O) groups excluding carboxylic acids is 1. The first-order chi connectivity index (χ1) is 12.0. The van der Waals surface area contributed by atoms with Crippen LogP contribution in [0.3, 0.4) is 0 Å². The van der Waals surface area contributed by atoms with Gasteiger partial charge in [0.05, 0.1) is 30.3 Å². The quantitative estimate of drug-likeness (QED) is 0.454. The van der Waals surface area contributed by atoms with Crippen LogP contribution < -0.4 is 0 Å². The van der Waals surface area contributed by atoms with Crippen molar-refractivity contribution in [2.45, 2.75) is 17.7 Å². The molecular weight excluding hydrogens is 394 g/mol. The number of hydrogen-bond acceptors (Lipinski definition) is 7. The van der Waals surface area contributed by atoms with Gasteiger partial charge in [0, 0.05) is 16.0 Å². The van der Waals surface area contributed by atoms with Gasteiger partial charge < -0.3 is 4.74 Å². The van der Waals surface area contributed by atoms with Crippen LogP contribution in [0.2, 0.25) is 5.02 Å². The highest BCUT2D eigenvalue weighted by Crippen LogP contribution is 2.33. The second-order valence-corrected chi connectivity index (χ2v) is 7.36. The zero-order valence-corrected chi connectivity index (χ0v) is 15.2. The van der Waals surface area contributed by atoms with E-state index in [1.807, 2.05) is 6.07 Å². The number of alkyl halides is 2. The molecule has 0 radical (unpaired) electrons. The summed E-state index contributed by atoms with van der Waals surface area (Å²) in [4.78, 5) is 12.0. The van der Waals surface area contributed by atoms with Crippen LogP contribution in [0, 0.1) is 0 Å². The molecule has 11 heteroatoms. The number of ether oxygens (including phenoxy) is 1. The smallest absolute Gasteiger partial charge is 0.306 e. The number of fused-ring (bicyclic) bond motifs is 1. The van der Waals surface area contributed by atoms with E-state index in [0.717, 1.165) is 16.2 Å². The minimum atomic E-state index is -2.68. The highest BCUT2D eigenvalue weighted by atomic mass is 35.5. The van der Waals surface area contributed by atoms with Gasteiger partial charge in [-0.15, -0.1) is 22.0 Å². The maximum Gasteiger partial charge on any atom is 0.306 e. The maximum atomic E-state index is 12.7. The predicted octanol–water partition coefficient (Wildman–Crippen LogP) is 4.12. The van der Waals surface area contributed by atoms with Gasteiger partial charge in [-0.05, 0) is 12.1 Å². The highest BCUT2D eigenvalue weighted by molar-refractivity contribution is 7.99. The highest BCUT2D eigenvalue weighted by Gasteiger charge is 2.18. The Morgan fingerprint density at radius 3 is 2.92 bits per heavy atom. The third-order valence-corrected chi connectivity index (χ3v) is 5.41. The van der Waals surface area contributed by atoms with Crippen molar-refractivity contribution in [1.82, 2.24) is 20.0 Å². The molecule has 0 atom stereocenters. The van der Waals surface area contributed by atoms with Crippen LogP contribution in [-0.2, 0) is 9.53 Å². The van der Waals surface area contributed by atoms with Gasteiger partial charge in [-0.25, -0.2) is 13.5 Å². The molecule has 25 heavy (non-hydrogen) atoms. The third-order valence-electron chi connectivity index (χ3n) is 3.21. The van der Waals surface area contributed by atoms with E-state index in [2.05, 4.69) is 20.0 Å². The molecule has 0 fully saturated rings. The zero-order chi connectivity index (χ0) is 18.0. The van der Waals surface area contributed by atoms with E-state index in [4.69, 9.17) is 11.6 Å². The summed E-state index contributed by atoms with van der Waals surface area (Å²) < 4.78 is 31.5. The topological polar surface area (TPSA) is 69.9 Å². The van der Waals surface area contributed by atoms with Crippen LogP contribution in [0.5, 0.6) is 0 Å². The minimum absolute atomic E-state index is 0.234. The average Bonchev–Trinajstić information content (AvgIpc) is 3.21. The summed E-state index contributed by atoms with van der Waals surface area (Å²) in [7, 11) is 1.34. The van der Waals surface area contributed by atoms with Crippen molar-refractivity contribution in [3.05, 3.63) is 28.4 Å². The first-order valence-corrected chi connectivity index (χ1v) is 9.16. The zero-order valence-electron chi connectivity index (χ0n) is 12.8. The Bertz CT molecular complexity index is 916. The number of methoxy groups -OCH3 is 1. The van der Waals surface area contributed by atoms with Gasteiger partial charge in [0.2, 0.25) is 5.13 Å². The van der Waals surface area contributed by atoms with Gasteiger partial charge in [0.1, 0.15) is 0 Å². The summed E-state index contributed by atoms with van der Waals surface area (Å²) in [6.45, 7) is 0. The van der Waals surface area contributed by atoms with E-state index in [-0.39, 0.29) is 22.5 Å². The van der Waals surface area contributed by atoms with Crippen LogP contribution in [0.4, 0.5) is 8.78 Å². The largest absolute Gasteiger partial charge is 0.469 e. The van der Waals surface area contributed by atoms with Crippen LogP contribution in [0.15, 0.2) is 23.2 Å². The lowest BCUT2D eigenvalue weighted by molar-refractivity contribution is -0.140. The van der Waals surface area contributed by atoms with Gasteiger partial charge >= 0.3 is 5.97 Å². The second kappa shape index (κ2) is 7.63. The molecule has 0 unspecified atom stereocenters. The molecule has 0 bridgehead atoms. The Morgan fingerprint density at radius 1 is 1.44 bits per heavy atom. The number of thioether (sulfide) groups is 1. The molecule has 0 saturated heterocycles. The minimum Gasteiger partial charge on any atom is -0.469 e. The molecular formula is C14H11ClF2N4O2S2. The van der Waals surface area contributed by atoms with Gasteiger partial charge in [-0.3, -0.25) is 4.79 Å². The van der Waals surface area contributed by atoms with E-state index >= 15 is 0 Å². The molecule has 2 aromatic heterocycles. The number of nitrogens with zero attached hydrogens (tertiary/aromatic N) is 4. The van der Waals surface area contributed by atoms with Crippen LogP contribution in [0.1, 0.15) is 17.9 Å². The van der Waals surface area contributed by atoms with Crippen LogP contribution in [-0.4, -0.2) is 38.8 Å². The average molecular weight is 405 g/mol. The maximum absolute atomic E-state index is 12.7. The Balaban J connectivity index is 1.91. The Morgan fingerprint density at radius 2 is 2.24 bits per heavy atom. The van der Waals surface area contributed by atoms with Gasteiger partial charge in [-0.1, -0.05) is 22.9 Å². The summed E-state index contributed by atoms with van der Waals surface area (Å²) in [5, 5.41) is 12.4. The molecule has 0 saturated carbocycles. The van der Waals surface area contributed by atoms with E-state index in [0.29, 0.717) is 21.7 Å². The summed E-state index contributed by atoms with van der Waals surface area (Å²) in [6.07, 6.45) is -0.866. The predicted molar refractivity (Wildman–Crippen MR) is 91.9 cm³/mol. The van der Waals surface area contributed by atoms with Gasteiger partial charge in [0.25, 0.3) is 6.43 Å². The fraction of sp³-hybridized carbons (Fsp3) is 0.286. The van der Waals surface area contributed by atoms with Crippen molar-refractivity contribution in [3.63, 3.8) is 0 Å². The molecule has 0 amide bonds.